The molecule has 3 heterocycles. The van der Waals surface area contributed by atoms with E-state index in [0.29, 0.717) is 24.6 Å². The van der Waals surface area contributed by atoms with Gasteiger partial charge in [0.25, 0.3) is 0 Å². The quantitative estimate of drug-likeness (QED) is 0.856. The highest BCUT2D eigenvalue weighted by Gasteiger charge is 2.28. The zero-order valence-corrected chi connectivity index (χ0v) is 14.0. The molecule has 124 valence electrons. The van der Waals surface area contributed by atoms with E-state index < -0.39 is 5.95 Å². The molecule has 1 fully saturated rings. The van der Waals surface area contributed by atoms with Crippen molar-refractivity contribution in [3.8, 4) is 11.3 Å². The number of nitrogens with zero attached hydrogens (tertiary/aromatic N) is 3. The van der Waals surface area contributed by atoms with Crippen LogP contribution in [0.2, 0.25) is 0 Å². The number of nitrogens with one attached hydrogen (secondary N) is 1. The summed E-state index contributed by atoms with van der Waals surface area (Å²) in [6, 6.07) is 3.98. The summed E-state index contributed by atoms with van der Waals surface area (Å²) in [5.41, 5.74) is 2.34. The van der Waals surface area contributed by atoms with Gasteiger partial charge in [0.15, 0.2) is 0 Å². The van der Waals surface area contributed by atoms with Crippen LogP contribution in [0.3, 0.4) is 0 Å². The molecule has 5 nitrogen and oxygen atoms in total. The van der Waals surface area contributed by atoms with Gasteiger partial charge in [-0.15, -0.1) is 0 Å². The lowest BCUT2D eigenvalue weighted by molar-refractivity contribution is -0.0279. The largest absolute Gasteiger partial charge is 0.377 e. The molecule has 0 radical (unpaired) electrons. The van der Waals surface area contributed by atoms with Crippen molar-refractivity contribution < 1.29 is 9.13 Å². The van der Waals surface area contributed by atoms with Crippen LogP contribution in [0.1, 0.15) is 45.2 Å². The fourth-order valence-corrected chi connectivity index (χ4v) is 2.71. The average molecular weight is 318 g/mol. The zero-order chi connectivity index (χ0) is 16.6. The van der Waals surface area contributed by atoms with E-state index >= 15 is 0 Å². The number of rotatable bonds is 5. The number of pyridine rings is 1. The second kappa shape index (κ2) is 6.28. The molecule has 0 amide bonds. The van der Waals surface area contributed by atoms with Gasteiger partial charge in [0.05, 0.1) is 36.7 Å². The van der Waals surface area contributed by atoms with Crippen LogP contribution in [0.4, 0.5) is 10.2 Å². The second-order valence-electron chi connectivity index (χ2n) is 6.57. The summed E-state index contributed by atoms with van der Waals surface area (Å²) < 4.78 is 21.8. The molecular weight excluding hydrogens is 295 g/mol. The van der Waals surface area contributed by atoms with Crippen LogP contribution < -0.4 is 5.32 Å². The summed E-state index contributed by atoms with van der Waals surface area (Å²) >= 11 is 0. The zero-order valence-electron chi connectivity index (χ0n) is 14.0. The third-order valence-electron chi connectivity index (χ3n) is 3.95. The van der Waals surface area contributed by atoms with Crippen molar-refractivity contribution in [2.24, 2.45) is 0 Å². The Morgan fingerprint density at radius 1 is 1.26 bits per heavy atom. The first-order valence-corrected chi connectivity index (χ1v) is 8.06. The first kappa shape index (κ1) is 15.9. The maximum Gasteiger partial charge on any atom is 0.224 e. The molecule has 0 spiro atoms. The smallest absolute Gasteiger partial charge is 0.224 e. The summed E-state index contributed by atoms with van der Waals surface area (Å²) in [5, 5.41) is 7.60. The normalized spacial score (nSPS) is 15.3. The van der Waals surface area contributed by atoms with Crippen molar-refractivity contribution in [3.63, 3.8) is 0 Å². The minimum Gasteiger partial charge on any atom is -0.377 e. The lowest BCUT2D eigenvalue weighted by Gasteiger charge is -2.28. The third-order valence-corrected chi connectivity index (χ3v) is 3.95. The monoisotopic (exact) mass is 318 g/mol. The number of hydrogen-bond acceptors (Lipinski definition) is 4. The standard InChI is InChI=1S/C17H23FN4O/c1-10(2)14-7-19-22(12-8-23-9-12)16(14)13-5-6-15(20-11(3)4)21-17(13)18/h5-7,10-12H,8-9H2,1-4H3,(H,20,21). The number of anilines is 1. The van der Waals surface area contributed by atoms with Gasteiger partial charge in [0, 0.05) is 11.6 Å². The van der Waals surface area contributed by atoms with E-state index in [0.717, 1.165) is 11.3 Å². The van der Waals surface area contributed by atoms with E-state index in [1.165, 1.54) is 0 Å². The molecule has 0 bridgehead atoms. The Morgan fingerprint density at radius 3 is 2.52 bits per heavy atom. The second-order valence-corrected chi connectivity index (χ2v) is 6.57. The fourth-order valence-electron chi connectivity index (χ4n) is 2.71. The van der Waals surface area contributed by atoms with Crippen LogP contribution in [0, 0.1) is 5.95 Å². The minimum atomic E-state index is -0.473. The van der Waals surface area contributed by atoms with Crippen molar-refractivity contribution in [2.75, 3.05) is 18.5 Å². The molecule has 2 aromatic heterocycles. The van der Waals surface area contributed by atoms with E-state index in [4.69, 9.17) is 4.74 Å². The maximum atomic E-state index is 14.6. The molecule has 3 rings (SSSR count). The molecule has 0 atom stereocenters. The number of hydrogen-bond donors (Lipinski definition) is 1. The van der Waals surface area contributed by atoms with Crippen LogP contribution in [-0.4, -0.2) is 34.0 Å². The summed E-state index contributed by atoms with van der Waals surface area (Å²) in [7, 11) is 0. The summed E-state index contributed by atoms with van der Waals surface area (Å²) in [4.78, 5) is 4.06. The Bertz CT molecular complexity index is 692. The molecule has 1 aliphatic rings. The van der Waals surface area contributed by atoms with Crippen LogP contribution in [-0.2, 0) is 4.74 Å². The predicted octanol–water partition coefficient (Wildman–Crippen LogP) is 3.60. The topological polar surface area (TPSA) is 52.0 Å². The van der Waals surface area contributed by atoms with E-state index in [9.17, 15) is 4.39 Å². The molecule has 1 aliphatic heterocycles. The fraction of sp³-hybridized carbons (Fsp3) is 0.529. The Hall–Kier alpha value is -1.95. The molecule has 6 heteroatoms. The lowest BCUT2D eigenvalue weighted by Crippen LogP contribution is -2.32. The molecule has 0 aliphatic carbocycles. The SMILES string of the molecule is CC(C)Nc1ccc(-c2c(C(C)C)cnn2C2COC2)c(F)n1. The van der Waals surface area contributed by atoms with Gasteiger partial charge in [0.2, 0.25) is 5.95 Å². The van der Waals surface area contributed by atoms with Gasteiger partial charge in [-0.25, -0.2) is 4.98 Å². The van der Waals surface area contributed by atoms with Crippen LogP contribution in [0.15, 0.2) is 18.3 Å². The molecular formula is C17H23FN4O. The Labute approximate surface area is 135 Å². The number of halogens is 1. The molecule has 2 aromatic rings. The van der Waals surface area contributed by atoms with E-state index in [1.54, 1.807) is 6.07 Å². The minimum absolute atomic E-state index is 0.172. The van der Waals surface area contributed by atoms with Crippen molar-refractivity contribution in [1.82, 2.24) is 14.8 Å². The van der Waals surface area contributed by atoms with Gasteiger partial charge in [-0.2, -0.15) is 9.49 Å². The third kappa shape index (κ3) is 3.08. The van der Waals surface area contributed by atoms with Crippen molar-refractivity contribution in [3.05, 3.63) is 29.8 Å². The first-order valence-electron chi connectivity index (χ1n) is 8.06. The van der Waals surface area contributed by atoms with E-state index in [1.807, 2.05) is 30.8 Å². The Morgan fingerprint density at radius 2 is 2.00 bits per heavy atom. The number of aromatic nitrogens is 3. The summed E-state index contributed by atoms with van der Waals surface area (Å²) in [6.45, 7) is 9.40. The summed E-state index contributed by atoms with van der Waals surface area (Å²) in [5.74, 6) is 0.331. The lowest BCUT2D eigenvalue weighted by atomic mass is 9.99. The van der Waals surface area contributed by atoms with Gasteiger partial charge < -0.3 is 10.1 Å². The van der Waals surface area contributed by atoms with Crippen molar-refractivity contribution in [2.45, 2.75) is 45.7 Å². The van der Waals surface area contributed by atoms with Gasteiger partial charge in [-0.05, 0) is 31.9 Å². The van der Waals surface area contributed by atoms with Gasteiger partial charge in [-0.3, -0.25) is 4.68 Å². The molecule has 0 unspecified atom stereocenters. The van der Waals surface area contributed by atoms with Crippen LogP contribution in [0.25, 0.3) is 11.3 Å². The molecule has 1 N–H and O–H groups in total. The van der Waals surface area contributed by atoms with E-state index in [2.05, 4.69) is 29.2 Å². The summed E-state index contributed by atoms with van der Waals surface area (Å²) in [6.07, 6.45) is 1.83. The van der Waals surface area contributed by atoms with Crippen molar-refractivity contribution in [1.29, 1.82) is 0 Å². The molecule has 1 saturated heterocycles. The molecule has 23 heavy (non-hydrogen) atoms. The highest BCUT2D eigenvalue weighted by molar-refractivity contribution is 5.65. The van der Waals surface area contributed by atoms with Gasteiger partial charge in [-0.1, -0.05) is 13.8 Å². The Balaban J connectivity index is 2.04. The highest BCUT2D eigenvalue weighted by atomic mass is 19.1. The number of ether oxygens (including phenoxy) is 1. The van der Waals surface area contributed by atoms with Crippen molar-refractivity contribution >= 4 is 5.82 Å². The molecule has 0 aromatic carbocycles. The maximum absolute atomic E-state index is 14.6. The predicted molar refractivity (Wildman–Crippen MR) is 88.1 cm³/mol. The van der Waals surface area contributed by atoms with Gasteiger partial charge >= 0.3 is 0 Å². The van der Waals surface area contributed by atoms with Crippen LogP contribution >= 0.6 is 0 Å². The van der Waals surface area contributed by atoms with Gasteiger partial charge in [0.1, 0.15) is 5.82 Å². The first-order chi connectivity index (χ1) is 11.0. The molecule has 0 saturated carbocycles. The highest BCUT2D eigenvalue weighted by Crippen LogP contribution is 2.34. The van der Waals surface area contributed by atoms with Crippen LogP contribution in [0.5, 0.6) is 0 Å². The average Bonchev–Trinajstić information content (AvgIpc) is 2.80. The Kier molecular flexibility index (Phi) is 4.35. The van der Waals surface area contributed by atoms with E-state index in [-0.39, 0.29) is 18.0 Å².